The SMILES string of the molecule is C=CNc1ncnc(NC(C)C2=Cc3cccc(O)c3C(=C)N2c2ccccc2)c1C.CC. The summed E-state index contributed by atoms with van der Waals surface area (Å²) < 4.78 is 0. The lowest BCUT2D eigenvalue weighted by Gasteiger charge is -2.37. The van der Waals surface area contributed by atoms with Crippen molar-refractivity contribution in [2.75, 3.05) is 15.5 Å². The predicted octanol–water partition coefficient (Wildman–Crippen LogP) is 6.40. The van der Waals surface area contributed by atoms with Gasteiger partial charge >= 0.3 is 0 Å². The summed E-state index contributed by atoms with van der Waals surface area (Å²) in [6.45, 7) is 16.1. The number of hydrogen-bond donors (Lipinski definition) is 3. The predicted molar refractivity (Wildman–Crippen MR) is 139 cm³/mol. The Morgan fingerprint density at radius 2 is 1.73 bits per heavy atom. The Hall–Kier alpha value is -4.06. The van der Waals surface area contributed by atoms with Crippen molar-refractivity contribution in [2.45, 2.75) is 33.7 Å². The van der Waals surface area contributed by atoms with Crippen LogP contribution in [0.5, 0.6) is 5.75 Å². The highest BCUT2D eigenvalue weighted by Crippen LogP contribution is 2.41. The van der Waals surface area contributed by atoms with Crippen molar-refractivity contribution in [3.8, 4) is 5.75 Å². The lowest BCUT2D eigenvalue weighted by molar-refractivity contribution is 0.473. The zero-order valence-corrected chi connectivity index (χ0v) is 19.6. The number of nitrogens with zero attached hydrogens (tertiary/aromatic N) is 3. The first kappa shape index (κ1) is 23.6. The van der Waals surface area contributed by atoms with Gasteiger partial charge in [0, 0.05) is 22.5 Å². The molecule has 2 aromatic carbocycles. The molecule has 0 saturated heterocycles. The van der Waals surface area contributed by atoms with Crippen LogP contribution in [0.25, 0.3) is 11.8 Å². The third kappa shape index (κ3) is 4.75. The largest absolute Gasteiger partial charge is 0.507 e. The van der Waals surface area contributed by atoms with E-state index in [0.29, 0.717) is 5.82 Å². The van der Waals surface area contributed by atoms with Crippen LogP contribution in [-0.4, -0.2) is 21.1 Å². The highest BCUT2D eigenvalue weighted by molar-refractivity contribution is 5.93. The molecule has 1 atom stereocenters. The van der Waals surface area contributed by atoms with Crippen LogP contribution in [0.1, 0.15) is 37.5 Å². The number of phenols is 1. The monoisotopic (exact) mass is 441 g/mol. The van der Waals surface area contributed by atoms with Gasteiger partial charge in [-0.1, -0.05) is 57.3 Å². The van der Waals surface area contributed by atoms with E-state index < -0.39 is 0 Å². The molecule has 0 bridgehead atoms. The summed E-state index contributed by atoms with van der Waals surface area (Å²) in [7, 11) is 0. The lowest BCUT2D eigenvalue weighted by atomic mass is 9.94. The second-order valence-electron chi connectivity index (χ2n) is 7.34. The number of nitrogens with one attached hydrogen (secondary N) is 2. The van der Waals surface area contributed by atoms with E-state index in [1.807, 2.05) is 63.2 Å². The zero-order valence-electron chi connectivity index (χ0n) is 19.6. The first-order valence-electron chi connectivity index (χ1n) is 11.0. The summed E-state index contributed by atoms with van der Waals surface area (Å²) in [5, 5.41) is 17.0. The summed E-state index contributed by atoms with van der Waals surface area (Å²) in [4.78, 5) is 10.8. The zero-order chi connectivity index (χ0) is 24.0. The number of benzene rings is 2. The van der Waals surface area contributed by atoms with E-state index in [9.17, 15) is 5.11 Å². The number of hydrogen-bond acceptors (Lipinski definition) is 6. The van der Waals surface area contributed by atoms with Gasteiger partial charge in [-0.3, -0.25) is 0 Å². The van der Waals surface area contributed by atoms with Crippen molar-refractivity contribution in [1.82, 2.24) is 9.97 Å². The fourth-order valence-electron chi connectivity index (χ4n) is 3.80. The van der Waals surface area contributed by atoms with Gasteiger partial charge in [0.15, 0.2) is 0 Å². The normalized spacial score (nSPS) is 13.2. The van der Waals surface area contributed by atoms with Crippen molar-refractivity contribution in [3.63, 3.8) is 0 Å². The topological polar surface area (TPSA) is 73.3 Å². The molecule has 0 spiro atoms. The fraction of sp³-hybridized carbons (Fsp3) is 0.185. The van der Waals surface area contributed by atoms with E-state index in [1.165, 1.54) is 6.33 Å². The molecule has 3 N–H and O–H groups in total. The van der Waals surface area contributed by atoms with Crippen molar-refractivity contribution in [3.05, 3.63) is 96.6 Å². The molecule has 6 heteroatoms. The average Bonchev–Trinajstić information content (AvgIpc) is 2.83. The van der Waals surface area contributed by atoms with Crippen LogP contribution >= 0.6 is 0 Å². The van der Waals surface area contributed by atoms with E-state index in [-0.39, 0.29) is 11.8 Å². The highest BCUT2D eigenvalue weighted by atomic mass is 16.3. The molecule has 1 unspecified atom stereocenters. The minimum Gasteiger partial charge on any atom is -0.507 e. The number of phenolic OH excluding ortho intramolecular Hbond substituents is 1. The molecule has 6 nitrogen and oxygen atoms in total. The molecule has 3 aromatic rings. The Labute approximate surface area is 196 Å². The van der Waals surface area contributed by atoms with Crippen LogP contribution < -0.4 is 15.5 Å². The Morgan fingerprint density at radius 3 is 2.42 bits per heavy atom. The van der Waals surface area contributed by atoms with Gasteiger partial charge in [0.1, 0.15) is 23.7 Å². The fourth-order valence-corrected chi connectivity index (χ4v) is 3.80. The maximum absolute atomic E-state index is 10.5. The van der Waals surface area contributed by atoms with Gasteiger partial charge in [0.05, 0.1) is 11.7 Å². The first-order valence-corrected chi connectivity index (χ1v) is 11.0. The van der Waals surface area contributed by atoms with E-state index in [1.54, 1.807) is 12.3 Å². The molecular formula is C27H31N5O. The van der Waals surface area contributed by atoms with Gasteiger partial charge in [-0.25, -0.2) is 9.97 Å². The number of fused-ring (bicyclic) bond motifs is 1. The number of aromatic hydroxyl groups is 1. The molecule has 0 fully saturated rings. The third-order valence-electron chi connectivity index (χ3n) is 5.33. The molecule has 4 rings (SSSR count). The highest BCUT2D eigenvalue weighted by Gasteiger charge is 2.29. The minimum atomic E-state index is -0.113. The standard InChI is InChI=1S/C25H25N5O.C2H6/c1-5-26-24-16(2)25(28-15-27-24)29-17(3)21-14-19-10-9-13-22(31)23(19)18(4)30(21)20-11-7-6-8-12-20;1-2/h5-15,17,31H,1,4H2,2-3H3,(H2,26,27,28,29);1-2H3. The van der Waals surface area contributed by atoms with Gasteiger partial charge in [-0.2, -0.15) is 0 Å². The lowest BCUT2D eigenvalue weighted by Crippen LogP contribution is -2.34. The van der Waals surface area contributed by atoms with Crippen LogP contribution in [0.15, 0.2) is 79.9 Å². The van der Waals surface area contributed by atoms with Gasteiger partial charge in [0.2, 0.25) is 0 Å². The summed E-state index contributed by atoms with van der Waals surface area (Å²) in [6, 6.07) is 15.4. The maximum Gasteiger partial charge on any atom is 0.138 e. The van der Waals surface area contributed by atoms with Crippen LogP contribution in [0.4, 0.5) is 17.3 Å². The Morgan fingerprint density at radius 1 is 1.03 bits per heavy atom. The quantitative estimate of drug-likeness (QED) is 0.411. The molecule has 2 heterocycles. The van der Waals surface area contributed by atoms with E-state index >= 15 is 0 Å². The molecule has 170 valence electrons. The van der Waals surface area contributed by atoms with Crippen molar-refractivity contribution in [1.29, 1.82) is 0 Å². The van der Waals surface area contributed by atoms with Crippen molar-refractivity contribution < 1.29 is 5.11 Å². The molecule has 1 aliphatic rings. The molecule has 1 aromatic heterocycles. The molecule has 33 heavy (non-hydrogen) atoms. The van der Waals surface area contributed by atoms with Crippen LogP contribution in [0, 0.1) is 6.92 Å². The van der Waals surface area contributed by atoms with Crippen molar-refractivity contribution >= 4 is 29.1 Å². The molecule has 0 aliphatic carbocycles. The summed E-state index contributed by atoms with van der Waals surface area (Å²) >= 11 is 0. The van der Waals surface area contributed by atoms with E-state index in [4.69, 9.17) is 0 Å². The molecular weight excluding hydrogens is 410 g/mol. The van der Waals surface area contributed by atoms with E-state index in [0.717, 1.165) is 39.6 Å². The number of anilines is 3. The van der Waals surface area contributed by atoms with Crippen LogP contribution in [0.2, 0.25) is 0 Å². The summed E-state index contributed by atoms with van der Waals surface area (Å²) in [5.74, 6) is 1.65. The molecule has 0 radical (unpaired) electrons. The third-order valence-corrected chi connectivity index (χ3v) is 5.33. The number of para-hydroxylation sites is 1. The van der Waals surface area contributed by atoms with E-state index in [2.05, 4.69) is 51.7 Å². The van der Waals surface area contributed by atoms with Gasteiger partial charge in [0.25, 0.3) is 0 Å². The van der Waals surface area contributed by atoms with Crippen molar-refractivity contribution in [2.24, 2.45) is 0 Å². The number of rotatable bonds is 6. The van der Waals surface area contributed by atoms with Gasteiger partial charge in [-0.15, -0.1) is 0 Å². The Balaban J connectivity index is 0.00000149. The first-order chi connectivity index (χ1) is 16.0. The van der Waals surface area contributed by atoms with Gasteiger partial charge in [-0.05, 0) is 49.9 Å². The molecule has 0 amide bonds. The maximum atomic E-state index is 10.5. The van der Waals surface area contributed by atoms with Crippen LogP contribution in [-0.2, 0) is 0 Å². The summed E-state index contributed by atoms with van der Waals surface area (Å²) in [6.07, 6.45) is 5.19. The second kappa shape index (κ2) is 10.5. The smallest absolute Gasteiger partial charge is 0.138 e. The van der Waals surface area contributed by atoms with Gasteiger partial charge < -0.3 is 20.6 Å². The minimum absolute atomic E-state index is 0.113. The second-order valence-corrected chi connectivity index (χ2v) is 7.34. The summed E-state index contributed by atoms with van der Waals surface area (Å²) in [5.41, 5.74) is 5.24. The average molecular weight is 442 g/mol. The van der Waals surface area contributed by atoms with Crippen LogP contribution in [0.3, 0.4) is 0 Å². The molecule has 0 saturated carbocycles. The number of aromatic nitrogens is 2. The Kier molecular flexibility index (Phi) is 7.51. The Bertz CT molecular complexity index is 1170. The molecule has 1 aliphatic heterocycles.